The van der Waals surface area contributed by atoms with Gasteiger partial charge in [0.1, 0.15) is 0 Å². The summed E-state index contributed by atoms with van der Waals surface area (Å²) < 4.78 is 5.41. The van der Waals surface area contributed by atoms with Gasteiger partial charge in [0, 0.05) is 13.2 Å². The molecule has 1 aliphatic rings. The molecule has 0 saturated carbocycles. The molecule has 0 aliphatic carbocycles. The van der Waals surface area contributed by atoms with E-state index in [1.54, 1.807) is 0 Å². The Labute approximate surface area is 104 Å². The third kappa shape index (κ3) is 4.68. The Morgan fingerprint density at radius 2 is 2.31 bits per heavy atom. The number of nitrogens with two attached hydrogens (primary N) is 1. The normalized spacial score (nSPS) is 23.3. The van der Waals surface area contributed by atoms with Crippen LogP contribution >= 0.6 is 12.4 Å². The monoisotopic (exact) mass is 250 g/mol. The Bertz CT molecular complexity index is 208. The molecule has 1 heterocycles. The van der Waals surface area contributed by atoms with Gasteiger partial charge in [0.25, 0.3) is 0 Å². The summed E-state index contributed by atoms with van der Waals surface area (Å²) in [6, 6.07) is -0.392. The molecule has 3 unspecified atom stereocenters. The van der Waals surface area contributed by atoms with Crippen LogP contribution in [0.2, 0.25) is 0 Å². The van der Waals surface area contributed by atoms with Gasteiger partial charge in [-0.2, -0.15) is 0 Å². The topological polar surface area (TPSA) is 64.4 Å². The molecule has 0 aromatic carbocycles. The van der Waals surface area contributed by atoms with E-state index in [4.69, 9.17) is 10.5 Å². The van der Waals surface area contributed by atoms with E-state index < -0.39 is 6.04 Å². The van der Waals surface area contributed by atoms with Gasteiger partial charge in [-0.05, 0) is 18.8 Å². The van der Waals surface area contributed by atoms with Crippen LogP contribution in [0.5, 0.6) is 0 Å². The summed E-state index contributed by atoms with van der Waals surface area (Å²) in [4.78, 5) is 11.6. The lowest BCUT2D eigenvalue weighted by atomic mass is 9.99. The first-order valence-electron chi connectivity index (χ1n) is 5.80. The van der Waals surface area contributed by atoms with E-state index in [-0.39, 0.29) is 30.3 Å². The molecule has 5 heteroatoms. The number of halogens is 1. The molecule has 1 fully saturated rings. The number of amides is 1. The van der Waals surface area contributed by atoms with Gasteiger partial charge in [0.2, 0.25) is 5.91 Å². The molecule has 1 amide bonds. The predicted octanol–water partition coefficient (Wildman–Crippen LogP) is 1.08. The standard InChI is InChI=1S/C11H22N2O2.ClH/c1-3-8(2)10(12)11(14)13-7-9-5-4-6-15-9;/h8-10H,3-7,12H2,1-2H3,(H,13,14);1H. The Hall–Kier alpha value is -0.320. The van der Waals surface area contributed by atoms with Crippen LogP contribution in [0, 0.1) is 5.92 Å². The fraction of sp³-hybridized carbons (Fsp3) is 0.909. The second-order valence-corrected chi connectivity index (χ2v) is 4.29. The van der Waals surface area contributed by atoms with Gasteiger partial charge in [-0.25, -0.2) is 0 Å². The van der Waals surface area contributed by atoms with Gasteiger partial charge in [0.15, 0.2) is 0 Å². The van der Waals surface area contributed by atoms with Crippen LogP contribution in [0.4, 0.5) is 0 Å². The highest BCUT2D eigenvalue weighted by Gasteiger charge is 2.21. The van der Waals surface area contributed by atoms with Gasteiger partial charge in [-0.3, -0.25) is 4.79 Å². The molecule has 0 spiro atoms. The number of hydrogen-bond acceptors (Lipinski definition) is 3. The van der Waals surface area contributed by atoms with Crippen LogP contribution in [0.25, 0.3) is 0 Å². The van der Waals surface area contributed by atoms with E-state index in [0.29, 0.717) is 6.54 Å². The van der Waals surface area contributed by atoms with Gasteiger partial charge in [-0.1, -0.05) is 20.3 Å². The largest absolute Gasteiger partial charge is 0.376 e. The fourth-order valence-electron chi connectivity index (χ4n) is 1.65. The molecular formula is C11H23ClN2O2. The van der Waals surface area contributed by atoms with E-state index in [1.807, 2.05) is 13.8 Å². The first-order chi connectivity index (χ1) is 7.15. The number of ether oxygens (including phenoxy) is 1. The van der Waals surface area contributed by atoms with Crippen LogP contribution in [0.3, 0.4) is 0 Å². The van der Waals surface area contributed by atoms with Gasteiger partial charge >= 0.3 is 0 Å². The first kappa shape index (κ1) is 15.7. The SMILES string of the molecule is CCC(C)C(N)C(=O)NCC1CCCO1.Cl. The summed E-state index contributed by atoms with van der Waals surface area (Å²) in [6.07, 6.45) is 3.25. The van der Waals surface area contributed by atoms with Crippen LogP contribution in [-0.2, 0) is 9.53 Å². The summed E-state index contributed by atoms with van der Waals surface area (Å²) in [5, 5.41) is 2.85. The first-order valence-corrected chi connectivity index (χ1v) is 5.80. The maximum absolute atomic E-state index is 11.6. The second-order valence-electron chi connectivity index (χ2n) is 4.29. The van der Waals surface area contributed by atoms with Crippen molar-refractivity contribution in [2.24, 2.45) is 11.7 Å². The summed E-state index contributed by atoms with van der Waals surface area (Å²) >= 11 is 0. The zero-order chi connectivity index (χ0) is 11.3. The number of rotatable bonds is 5. The zero-order valence-electron chi connectivity index (χ0n) is 10.1. The van der Waals surface area contributed by atoms with Crippen molar-refractivity contribution >= 4 is 18.3 Å². The Balaban J connectivity index is 0.00000225. The number of carbonyl (C=O) groups excluding carboxylic acids is 1. The Morgan fingerprint density at radius 1 is 1.62 bits per heavy atom. The number of carbonyl (C=O) groups is 1. The second kappa shape index (κ2) is 7.87. The molecular weight excluding hydrogens is 228 g/mol. The van der Waals surface area contributed by atoms with E-state index in [9.17, 15) is 4.79 Å². The quantitative estimate of drug-likeness (QED) is 0.768. The average Bonchev–Trinajstić information content (AvgIpc) is 2.76. The minimum absolute atomic E-state index is 0. The van der Waals surface area contributed by atoms with Gasteiger partial charge < -0.3 is 15.8 Å². The van der Waals surface area contributed by atoms with E-state index in [2.05, 4.69) is 5.32 Å². The number of hydrogen-bond donors (Lipinski definition) is 2. The van der Waals surface area contributed by atoms with Crippen molar-refractivity contribution < 1.29 is 9.53 Å². The third-order valence-electron chi connectivity index (χ3n) is 3.09. The summed E-state index contributed by atoms with van der Waals surface area (Å²) in [5.41, 5.74) is 5.80. The minimum Gasteiger partial charge on any atom is -0.376 e. The third-order valence-corrected chi connectivity index (χ3v) is 3.09. The molecule has 4 nitrogen and oxygen atoms in total. The Kier molecular flexibility index (Phi) is 7.72. The summed E-state index contributed by atoms with van der Waals surface area (Å²) in [7, 11) is 0. The van der Waals surface area contributed by atoms with Crippen molar-refractivity contribution in [3.63, 3.8) is 0 Å². The van der Waals surface area contributed by atoms with Crippen LogP contribution in [0.15, 0.2) is 0 Å². The molecule has 0 aromatic rings. The maximum Gasteiger partial charge on any atom is 0.237 e. The smallest absolute Gasteiger partial charge is 0.237 e. The lowest BCUT2D eigenvalue weighted by molar-refractivity contribution is -0.123. The predicted molar refractivity (Wildman–Crippen MR) is 66.7 cm³/mol. The molecule has 1 rings (SSSR count). The van der Waals surface area contributed by atoms with Crippen molar-refractivity contribution in [1.82, 2.24) is 5.32 Å². The molecule has 0 aromatic heterocycles. The highest BCUT2D eigenvalue weighted by Crippen LogP contribution is 2.11. The summed E-state index contributed by atoms with van der Waals surface area (Å²) in [6.45, 7) is 5.45. The van der Waals surface area contributed by atoms with Crippen molar-refractivity contribution in [3.8, 4) is 0 Å². The van der Waals surface area contributed by atoms with E-state index in [1.165, 1.54) is 0 Å². The Morgan fingerprint density at radius 3 is 2.81 bits per heavy atom. The minimum atomic E-state index is -0.392. The molecule has 3 N–H and O–H groups in total. The molecule has 0 radical (unpaired) electrons. The van der Waals surface area contributed by atoms with Crippen molar-refractivity contribution in [2.45, 2.75) is 45.3 Å². The highest BCUT2D eigenvalue weighted by atomic mass is 35.5. The van der Waals surface area contributed by atoms with Gasteiger partial charge in [-0.15, -0.1) is 12.4 Å². The van der Waals surface area contributed by atoms with Crippen LogP contribution in [0.1, 0.15) is 33.1 Å². The average molecular weight is 251 g/mol. The lowest BCUT2D eigenvalue weighted by Crippen LogP contribution is -2.46. The van der Waals surface area contributed by atoms with Gasteiger partial charge in [0.05, 0.1) is 12.1 Å². The molecule has 1 aliphatic heterocycles. The molecule has 16 heavy (non-hydrogen) atoms. The lowest BCUT2D eigenvalue weighted by Gasteiger charge is -2.19. The van der Waals surface area contributed by atoms with Crippen molar-refractivity contribution in [2.75, 3.05) is 13.2 Å². The molecule has 96 valence electrons. The number of nitrogens with one attached hydrogen (secondary N) is 1. The molecule has 3 atom stereocenters. The maximum atomic E-state index is 11.6. The van der Waals surface area contributed by atoms with Crippen LogP contribution in [-0.4, -0.2) is 31.2 Å². The summed E-state index contributed by atoms with van der Waals surface area (Å²) in [5.74, 6) is 0.175. The highest BCUT2D eigenvalue weighted by molar-refractivity contribution is 5.85. The molecule has 0 bridgehead atoms. The van der Waals surface area contributed by atoms with Crippen molar-refractivity contribution in [3.05, 3.63) is 0 Å². The molecule has 1 saturated heterocycles. The van der Waals surface area contributed by atoms with E-state index in [0.717, 1.165) is 25.9 Å². The fourth-order valence-corrected chi connectivity index (χ4v) is 1.65. The van der Waals surface area contributed by atoms with Crippen LogP contribution < -0.4 is 11.1 Å². The zero-order valence-corrected chi connectivity index (χ0v) is 10.9. The van der Waals surface area contributed by atoms with E-state index >= 15 is 0 Å². The van der Waals surface area contributed by atoms with Crippen molar-refractivity contribution in [1.29, 1.82) is 0 Å².